The Morgan fingerprint density at radius 2 is 1.94 bits per heavy atom. The first-order valence-electron chi connectivity index (χ1n) is 10.4. The zero-order valence-corrected chi connectivity index (χ0v) is 20.1. The molecule has 1 aromatic carbocycles. The molecule has 3 aromatic heterocycles. The second-order valence-corrected chi connectivity index (χ2v) is 10.2. The van der Waals surface area contributed by atoms with Gasteiger partial charge in [-0.05, 0) is 35.9 Å². The molecule has 12 heteroatoms. The zero-order valence-electron chi connectivity index (χ0n) is 18.5. The fourth-order valence-corrected chi connectivity index (χ4v) is 5.30. The Morgan fingerprint density at radius 3 is 2.71 bits per heavy atom. The first-order valence-corrected chi connectivity index (χ1v) is 12.7. The van der Waals surface area contributed by atoms with Gasteiger partial charge in [-0.2, -0.15) is 0 Å². The molecule has 0 aliphatic rings. The second-order valence-electron chi connectivity index (χ2n) is 7.26. The molecule has 0 fully saturated rings. The number of pyridine rings is 1. The summed E-state index contributed by atoms with van der Waals surface area (Å²) in [5, 5.41) is 6.46. The number of nitrogens with zero attached hydrogens (tertiary/aromatic N) is 3. The van der Waals surface area contributed by atoms with Crippen molar-refractivity contribution in [3.05, 3.63) is 59.4 Å². The lowest BCUT2D eigenvalue weighted by molar-refractivity contribution is 0.0963. The third-order valence-electron chi connectivity index (χ3n) is 5.02. The minimum atomic E-state index is -3.74. The lowest BCUT2D eigenvalue weighted by Crippen LogP contribution is -2.25. The van der Waals surface area contributed by atoms with E-state index in [2.05, 4.69) is 30.3 Å². The smallest absolute Gasteiger partial charge is 0.254 e. The third-order valence-corrected chi connectivity index (χ3v) is 7.67. The molecule has 0 saturated heterocycles. The highest BCUT2D eigenvalue weighted by Crippen LogP contribution is 2.31. The van der Waals surface area contributed by atoms with E-state index in [1.807, 2.05) is 30.3 Å². The van der Waals surface area contributed by atoms with Crippen molar-refractivity contribution >= 4 is 49.8 Å². The molecule has 34 heavy (non-hydrogen) atoms. The van der Waals surface area contributed by atoms with E-state index in [1.54, 1.807) is 18.3 Å². The Bertz CT molecular complexity index is 1470. The monoisotopic (exact) mass is 497 g/mol. The first kappa shape index (κ1) is 23.5. The SMILES string of the molecule is CCNS(=O)(=O)c1cnc(NCc2ccc(-c3ccc4ncnc(N)c4c3)s2)c(C(=O)NC)c1. The van der Waals surface area contributed by atoms with Crippen LogP contribution in [0.1, 0.15) is 22.2 Å². The summed E-state index contributed by atoms with van der Waals surface area (Å²) in [6.45, 7) is 2.31. The van der Waals surface area contributed by atoms with E-state index in [9.17, 15) is 13.2 Å². The van der Waals surface area contributed by atoms with Gasteiger partial charge in [0, 0.05) is 34.9 Å². The lowest BCUT2D eigenvalue weighted by atomic mass is 10.1. The predicted octanol–water partition coefficient (Wildman–Crippen LogP) is 2.61. The summed E-state index contributed by atoms with van der Waals surface area (Å²) in [7, 11) is -2.26. The van der Waals surface area contributed by atoms with Gasteiger partial charge >= 0.3 is 0 Å². The van der Waals surface area contributed by atoms with E-state index in [1.165, 1.54) is 25.6 Å². The molecule has 3 heterocycles. The molecular weight excluding hydrogens is 474 g/mol. The van der Waals surface area contributed by atoms with Crippen molar-refractivity contribution in [3.8, 4) is 10.4 Å². The van der Waals surface area contributed by atoms with Crippen LogP contribution in [-0.4, -0.2) is 42.9 Å². The number of amides is 1. The maximum Gasteiger partial charge on any atom is 0.254 e. The van der Waals surface area contributed by atoms with Gasteiger partial charge in [-0.1, -0.05) is 13.0 Å². The Balaban J connectivity index is 1.56. The van der Waals surface area contributed by atoms with Crippen LogP contribution in [0.25, 0.3) is 21.3 Å². The molecule has 0 aliphatic heterocycles. The van der Waals surface area contributed by atoms with E-state index in [0.29, 0.717) is 18.2 Å². The van der Waals surface area contributed by atoms with Crippen LogP contribution >= 0.6 is 11.3 Å². The van der Waals surface area contributed by atoms with Gasteiger partial charge in [0.1, 0.15) is 22.9 Å². The Labute approximate surface area is 200 Å². The van der Waals surface area contributed by atoms with Crippen LogP contribution in [0.3, 0.4) is 0 Å². The van der Waals surface area contributed by atoms with Crippen molar-refractivity contribution in [1.29, 1.82) is 0 Å². The van der Waals surface area contributed by atoms with Crippen molar-refractivity contribution < 1.29 is 13.2 Å². The van der Waals surface area contributed by atoms with E-state index in [0.717, 1.165) is 26.2 Å². The van der Waals surface area contributed by atoms with Gasteiger partial charge in [-0.25, -0.2) is 28.1 Å². The molecule has 1 amide bonds. The van der Waals surface area contributed by atoms with Crippen molar-refractivity contribution in [2.75, 3.05) is 24.6 Å². The topological polar surface area (TPSA) is 152 Å². The number of nitrogen functional groups attached to an aromatic ring is 1. The molecule has 0 spiro atoms. The summed E-state index contributed by atoms with van der Waals surface area (Å²) in [5.74, 6) is 0.282. The Kier molecular flexibility index (Phi) is 6.72. The number of anilines is 2. The molecule has 5 N–H and O–H groups in total. The van der Waals surface area contributed by atoms with Gasteiger partial charge in [0.25, 0.3) is 5.91 Å². The zero-order chi connectivity index (χ0) is 24.3. The fourth-order valence-electron chi connectivity index (χ4n) is 3.34. The number of sulfonamides is 1. The number of fused-ring (bicyclic) bond motifs is 1. The van der Waals surface area contributed by atoms with Crippen LogP contribution in [0.4, 0.5) is 11.6 Å². The molecular formula is C22H23N7O3S2. The van der Waals surface area contributed by atoms with E-state index in [-0.39, 0.29) is 17.0 Å². The maximum absolute atomic E-state index is 12.4. The highest BCUT2D eigenvalue weighted by atomic mass is 32.2. The molecule has 0 bridgehead atoms. The Hall–Kier alpha value is -3.61. The molecule has 0 unspecified atom stereocenters. The molecule has 4 aromatic rings. The summed E-state index contributed by atoms with van der Waals surface area (Å²) in [6.07, 6.45) is 2.67. The van der Waals surface area contributed by atoms with Gasteiger partial charge < -0.3 is 16.4 Å². The molecule has 10 nitrogen and oxygen atoms in total. The minimum Gasteiger partial charge on any atom is -0.383 e. The molecule has 0 atom stereocenters. The average molecular weight is 498 g/mol. The van der Waals surface area contributed by atoms with E-state index >= 15 is 0 Å². The highest BCUT2D eigenvalue weighted by molar-refractivity contribution is 7.89. The van der Waals surface area contributed by atoms with Crippen molar-refractivity contribution in [2.24, 2.45) is 0 Å². The first-order chi connectivity index (χ1) is 16.3. The van der Waals surface area contributed by atoms with Crippen molar-refractivity contribution in [3.63, 3.8) is 0 Å². The molecule has 176 valence electrons. The van der Waals surface area contributed by atoms with Crippen molar-refractivity contribution in [1.82, 2.24) is 25.0 Å². The lowest BCUT2D eigenvalue weighted by Gasteiger charge is -2.12. The van der Waals surface area contributed by atoms with Gasteiger partial charge in [0.2, 0.25) is 10.0 Å². The number of rotatable bonds is 8. The van der Waals surface area contributed by atoms with Crippen LogP contribution in [0.2, 0.25) is 0 Å². The van der Waals surface area contributed by atoms with Crippen LogP contribution in [-0.2, 0) is 16.6 Å². The summed E-state index contributed by atoms with van der Waals surface area (Å²) >= 11 is 1.58. The van der Waals surface area contributed by atoms with Crippen molar-refractivity contribution in [2.45, 2.75) is 18.4 Å². The number of hydrogen-bond donors (Lipinski definition) is 4. The maximum atomic E-state index is 12.4. The minimum absolute atomic E-state index is 0.0727. The third kappa shape index (κ3) is 4.83. The van der Waals surface area contributed by atoms with Crippen LogP contribution < -0.4 is 21.1 Å². The molecule has 0 saturated carbocycles. The fraction of sp³-hybridized carbons (Fsp3) is 0.182. The quantitative estimate of drug-likeness (QED) is 0.290. The largest absolute Gasteiger partial charge is 0.383 e. The van der Waals surface area contributed by atoms with Crippen LogP contribution in [0, 0.1) is 0 Å². The molecule has 0 radical (unpaired) electrons. The normalized spacial score (nSPS) is 11.5. The second kappa shape index (κ2) is 9.71. The van der Waals surface area contributed by atoms with E-state index in [4.69, 9.17) is 5.73 Å². The number of carbonyl (C=O) groups is 1. The number of aromatic nitrogens is 3. The van der Waals surface area contributed by atoms with Crippen LogP contribution in [0.5, 0.6) is 0 Å². The van der Waals surface area contributed by atoms with Gasteiger partial charge in [0.15, 0.2) is 0 Å². The molecule has 0 aliphatic carbocycles. The highest BCUT2D eigenvalue weighted by Gasteiger charge is 2.19. The number of benzene rings is 1. The average Bonchev–Trinajstić information content (AvgIpc) is 3.31. The van der Waals surface area contributed by atoms with Gasteiger partial charge in [-0.3, -0.25) is 4.79 Å². The number of carbonyl (C=O) groups excluding carboxylic acids is 1. The summed E-state index contributed by atoms with van der Waals surface area (Å²) in [6, 6.07) is 11.1. The number of thiophene rings is 1. The number of nitrogens with two attached hydrogens (primary N) is 1. The van der Waals surface area contributed by atoms with Crippen LogP contribution in [0.15, 0.2) is 53.8 Å². The van der Waals surface area contributed by atoms with Gasteiger partial charge in [-0.15, -0.1) is 11.3 Å². The predicted molar refractivity (Wildman–Crippen MR) is 133 cm³/mol. The van der Waals surface area contributed by atoms with Gasteiger partial charge in [0.05, 0.1) is 17.6 Å². The summed E-state index contributed by atoms with van der Waals surface area (Å²) in [5.41, 5.74) is 7.90. The summed E-state index contributed by atoms with van der Waals surface area (Å²) in [4.78, 5) is 26.8. The number of nitrogens with one attached hydrogen (secondary N) is 3. The van der Waals surface area contributed by atoms with E-state index < -0.39 is 15.9 Å². The number of hydrogen-bond acceptors (Lipinski definition) is 9. The summed E-state index contributed by atoms with van der Waals surface area (Å²) < 4.78 is 27.0. The Morgan fingerprint density at radius 1 is 1.12 bits per heavy atom. The molecule has 4 rings (SSSR count). The standard InChI is InChI=1S/C22H23N7O3S2/c1-3-29-34(31,32)15-9-17(22(30)24-2)21(26-11-15)25-10-14-5-7-19(33-14)13-4-6-18-16(8-13)20(23)28-12-27-18/h4-9,11-12,29H,3,10H2,1-2H3,(H,24,30)(H,25,26)(H2,23,27,28).